The Labute approximate surface area is 139 Å². The Bertz CT molecular complexity index is 793. The van der Waals surface area contributed by atoms with E-state index in [1.165, 1.54) is 19.2 Å². The van der Waals surface area contributed by atoms with Crippen molar-refractivity contribution in [2.75, 3.05) is 11.8 Å². The van der Waals surface area contributed by atoms with Crippen molar-refractivity contribution in [1.29, 1.82) is 0 Å². The van der Waals surface area contributed by atoms with Crippen LogP contribution in [0.4, 0.5) is 5.69 Å². The molecule has 0 amide bonds. The maximum atomic E-state index is 12.6. The van der Waals surface area contributed by atoms with Gasteiger partial charge in [0.2, 0.25) is 0 Å². The first kappa shape index (κ1) is 16.8. The molecule has 4 nitrogen and oxygen atoms in total. The van der Waals surface area contributed by atoms with Gasteiger partial charge in [-0.25, -0.2) is 8.42 Å². The number of sulfonamides is 1. The summed E-state index contributed by atoms with van der Waals surface area (Å²) in [4.78, 5) is 0.180. The molecule has 0 aliphatic rings. The Morgan fingerprint density at radius 3 is 2.14 bits per heavy atom. The number of halogens is 1. The third kappa shape index (κ3) is 3.44. The van der Waals surface area contributed by atoms with Gasteiger partial charge in [0.25, 0.3) is 10.0 Å². The first-order valence-electron chi connectivity index (χ1n) is 6.69. The largest absolute Gasteiger partial charge is 0.496 e. The molecule has 2 aromatic rings. The zero-order valence-electron chi connectivity index (χ0n) is 12.9. The number of methoxy groups -OCH3 is 1. The van der Waals surface area contributed by atoms with Crippen LogP contribution in [0.1, 0.15) is 16.7 Å². The van der Waals surface area contributed by atoms with E-state index in [-0.39, 0.29) is 4.90 Å². The molecule has 1 N–H and O–H groups in total. The van der Waals surface area contributed by atoms with E-state index in [0.717, 1.165) is 16.7 Å². The quantitative estimate of drug-likeness (QED) is 0.860. The summed E-state index contributed by atoms with van der Waals surface area (Å²) in [6.07, 6.45) is 0. The van der Waals surface area contributed by atoms with Crippen LogP contribution in [0, 0.1) is 20.8 Å². The predicted molar refractivity (Wildman–Crippen MR) is 92.2 cm³/mol. The Balaban J connectivity index is 2.42. The molecule has 0 heterocycles. The molecule has 118 valence electrons. The minimum Gasteiger partial charge on any atom is -0.496 e. The topological polar surface area (TPSA) is 55.4 Å². The maximum Gasteiger partial charge on any atom is 0.261 e. The molecule has 0 bridgehead atoms. The van der Waals surface area contributed by atoms with Gasteiger partial charge in [-0.1, -0.05) is 17.7 Å². The van der Waals surface area contributed by atoms with Crippen LogP contribution in [-0.2, 0) is 10.0 Å². The lowest BCUT2D eigenvalue weighted by atomic mass is 10.1. The molecule has 0 atom stereocenters. The molecule has 0 saturated heterocycles. The van der Waals surface area contributed by atoms with Crippen molar-refractivity contribution >= 4 is 31.6 Å². The maximum absolute atomic E-state index is 12.6. The van der Waals surface area contributed by atoms with Crippen molar-refractivity contribution < 1.29 is 13.2 Å². The molecule has 0 aliphatic carbocycles. The normalized spacial score (nSPS) is 11.3. The number of anilines is 1. The highest BCUT2D eigenvalue weighted by Crippen LogP contribution is 2.30. The molecule has 0 saturated carbocycles. The molecule has 0 aliphatic heterocycles. The molecule has 6 heteroatoms. The molecular formula is C16H18BrNO3S. The van der Waals surface area contributed by atoms with E-state index < -0.39 is 10.0 Å². The van der Waals surface area contributed by atoms with E-state index in [1.54, 1.807) is 6.07 Å². The summed E-state index contributed by atoms with van der Waals surface area (Å²) >= 11 is 3.31. The van der Waals surface area contributed by atoms with Crippen molar-refractivity contribution in [3.8, 4) is 5.75 Å². The molecule has 2 rings (SSSR count). The lowest BCUT2D eigenvalue weighted by Gasteiger charge is -2.15. The van der Waals surface area contributed by atoms with Crippen LogP contribution in [0.5, 0.6) is 5.75 Å². The summed E-state index contributed by atoms with van der Waals surface area (Å²) in [5.74, 6) is 0.585. The van der Waals surface area contributed by atoms with E-state index in [9.17, 15) is 8.42 Å². The third-order valence-corrected chi connectivity index (χ3v) is 5.31. The van der Waals surface area contributed by atoms with Gasteiger partial charge in [0, 0.05) is 0 Å². The second-order valence-electron chi connectivity index (χ2n) is 5.18. The lowest BCUT2D eigenvalue weighted by Crippen LogP contribution is -2.15. The van der Waals surface area contributed by atoms with E-state index >= 15 is 0 Å². The van der Waals surface area contributed by atoms with Gasteiger partial charge in [-0.15, -0.1) is 0 Å². The highest BCUT2D eigenvalue weighted by Gasteiger charge is 2.18. The lowest BCUT2D eigenvalue weighted by molar-refractivity contribution is 0.411. The molecule has 22 heavy (non-hydrogen) atoms. The van der Waals surface area contributed by atoms with Gasteiger partial charge in [-0.2, -0.15) is 0 Å². The number of ether oxygens (including phenoxy) is 1. The summed E-state index contributed by atoms with van der Waals surface area (Å²) in [7, 11) is -2.12. The summed E-state index contributed by atoms with van der Waals surface area (Å²) in [5.41, 5.74) is 3.52. The highest BCUT2D eigenvalue weighted by molar-refractivity contribution is 9.10. The van der Waals surface area contributed by atoms with Gasteiger partial charge >= 0.3 is 0 Å². The number of rotatable bonds is 4. The minimum absolute atomic E-state index is 0.180. The molecule has 0 unspecified atom stereocenters. The van der Waals surface area contributed by atoms with Gasteiger partial charge in [0.05, 0.1) is 22.2 Å². The summed E-state index contributed by atoms with van der Waals surface area (Å²) in [6.45, 7) is 5.77. The van der Waals surface area contributed by atoms with Crippen molar-refractivity contribution in [2.45, 2.75) is 25.7 Å². The zero-order valence-corrected chi connectivity index (χ0v) is 15.3. The smallest absolute Gasteiger partial charge is 0.261 e. The van der Waals surface area contributed by atoms with Crippen LogP contribution in [0.25, 0.3) is 0 Å². The molecule has 0 aromatic heterocycles. The molecular weight excluding hydrogens is 366 g/mol. The first-order valence-corrected chi connectivity index (χ1v) is 8.96. The third-order valence-electron chi connectivity index (χ3n) is 3.35. The number of hydrogen-bond acceptors (Lipinski definition) is 3. The highest BCUT2D eigenvalue weighted by atomic mass is 79.9. The van der Waals surface area contributed by atoms with Crippen LogP contribution in [-0.4, -0.2) is 15.5 Å². The monoisotopic (exact) mass is 383 g/mol. The fourth-order valence-electron chi connectivity index (χ4n) is 2.35. The fraction of sp³-hybridized carbons (Fsp3) is 0.250. The van der Waals surface area contributed by atoms with E-state index in [1.807, 2.05) is 32.9 Å². The van der Waals surface area contributed by atoms with Gasteiger partial charge in [0.1, 0.15) is 5.75 Å². The van der Waals surface area contributed by atoms with Gasteiger partial charge in [-0.3, -0.25) is 4.72 Å². The summed E-state index contributed by atoms with van der Waals surface area (Å²) in [6, 6.07) is 8.57. The van der Waals surface area contributed by atoms with Crippen LogP contribution in [0.15, 0.2) is 39.7 Å². The van der Waals surface area contributed by atoms with Gasteiger partial charge < -0.3 is 4.74 Å². The van der Waals surface area contributed by atoms with Crippen LogP contribution in [0.3, 0.4) is 0 Å². The summed E-state index contributed by atoms with van der Waals surface area (Å²) in [5, 5.41) is 0. The van der Waals surface area contributed by atoms with Crippen molar-refractivity contribution in [3.05, 3.63) is 51.5 Å². The number of hydrogen-bond donors (Lipinski definition) is 1. The molecule has 0 spiro atoms. The second-order valence-corrected chi connectivity index (χ2v) is 7.71. The Kier molecular flexibility index (Phi) is 4.82. The van der Waals surface area contributed by atoms with Crippen molar-refractivity contribution in [3.63, 3.8) is 0 Å². The van der Waals surface area contributed by atoms with Crippen LogP contribution >= 0.6 is 15.9 Å². The Morgan fingerprint density at radius 1 is 1.05 bits per heavy atom. The molecule has 0 fully saturated rings. The standard InChI is InChI=1S/C16H18BrNO3S/c1-10-7-11(2)16(12(3)8-10)18-22(19,20)13-5-6-15(21-4)14(17)9-13/h5-9,18H,1-4H3. The van der Waals surface area contributed by atoms with Gasteiger partial charge in [0.15, 0.2) is 0 Å². The van der Waals surface area contributed by atoms with Crippen LogP contribution < -0.4 is 9.46 Å². The van der Waals surface area contributed by atoms with Crippen LogP contribution in [0.2, 0.25) is 0 Å². The zero-order chi connectivity index (χ0) is 16.5. The Morgan fingerprint density at radius 2 is 1.64 bits per heavy atom. The number of benzene rings is 2. The molecule has 2 aromatic carbocycles. The van der Waals surface area contributed by atoms with Crippen molar-refractivity contribution in [1.82, 2.24) is 0 Å². The van der Waals surface area contributed by atoms with Gasteiger partial charge in [-0.05, 0) is 66.0 Å². The predicted octanol–water partition coefficient (Wildman–Crippen LogP) is 4.18. The summed E-state index contributed by atoms with van der Waals surface area (Å²) < 4.78 is 33.5. The van der Waals surface area contributed by atoms with E-state index in [0.29, 0.717) is 15.9 Å². The fourth-order valence-corrected chi connectivity index (χ4v) is 4.27. The van der Waals surface area contributed by atoms with E-state index in [4.69, 9.17) is 4.74 Å². The Hall–Kier alpha value is -1.53. The molecule has 0 radical (unpaired) electrons. The van der Waals surface area contributed by atoms with E-state index in [2.05, 4.69) is 20.7 Å². The minimum atomic E-state index is -3.65. The second kappa shape index (κ2) is 6.30. The first-order chi connectivity index (χ1) is 10.2. The number of nitrogens with one attached hydrogen (secondary N) is 1. The average molecular weight is 384 g/mol. The average Bonchev–Trinajstić information content (AvgIpc) is 2.42. The SMILES string of the molecule is COc1ccc(S(=O)(=O)Nc2c(C)cc(C)cc2C)cc1Br. The number of aryl methyl sites for hydroxylation is 3. The van der Waals surface area contributed by atoms with Crippen molar-refractivity contribution in [2.24, 2.45) is 0 Å².